The monoisotopic (exact) mass is 265 g/mol. The Kier molecular flexibility index (Phi) is 3.91. The first kappa shape index (κ1) is 12.5. The molecule has 2 rings (SSSR count). The zero-order valence-electron chi connectivity index (χ0n) is 9.37. The fraction of sp³-hybridized carbons (Fsp3) is 0.167. The van der Waals surface area contributed by atoms with Crippen molar-refractivity contribution < 1.29 is 19.7 Å². The van der Waals surface area contributed by atoms with Crippen LogP contribution < -0.4 is 4.74 Å². The van der Waals surface area contributed by atoms with Crippen LogP contribution in [0.5, 0.6) is 5.75 Å². The zero-order valence-corrected chi connectivity index (χ0v) is 10.2. The highest BCUT2D eigenvalue weighted by atomic mass is 32.1. The summed E-state index contributed by atoms with van der Waals surface area (Å²) in [6, 6.07) is 7.07. The quantitative estimate of drug-likeness (QED) is 0.863. The van der Waals surface area contributed by atoms with Crippen LogP contribution in [0, 0.1) is 0 Å². The molecule has 0 aliphatic heterocycles. The summed E-state index contributed by atoms with van der Waals surface area (Å²) in [6.07, 6.45) is 0. The molecule has 0 amide bonds. The Balaban J connectivity index is 1.99. The van der Waals surface area contributed by atoms with Gasteiger partial charge in [-0.05, 0) is 17.7 Å². The van der Waals surface area contributed by atoms with Crippen molar-refractivity contribution in [2.24, 2.45) is 0 Å². The second-order valence-electron chi connectivity index (χ2n) is 3.54. The maximum absolute atomic E-state index is 10.7. The molecule has 0 unspecified atom stereocenters. The molecule has 2 N–H and O–H groups in total. The lowest BCUT2D eigenvalue weighted by atomic mass is 10.2. The van der Waals surface area contributed by atoms with Crippen LogP contribution in [-0.2, 0) is 13.2 Å². The summed E-state index contributed by atoms with van der Waals surface area (Å²) in [6.45, 7) is 0.162. The Hall–Kier alpha value is -1.92. The van der Waals surface area contributed by atoms with Crippen molar-refractivity contribution in [3.05, 3.63) is 45.9 Å². The highest BCUT2D eigenvalue weighted by Gasteiger charge is 2.09. The third kappa shape index (κ3) is 3.06. The van der Waals surface area contributed by atoms with Crippen molar-refractivity contribution in [3.63, 3.8) is 0 Å². The van der Waals surface area contributed by atoms with Gasteiger partial charge in [-0.25, -0.2) is 9.78 Å². The summed E-state index contributed by atoms with van der Waals surface area (Å²) < 4.78 is 5.47. The molecule has 0 atom stereocenters. The van der Waals surface area contributed by atoms with Gasteiger partial charge in [-0.3, -0.25) is 0 Å². The number of carboxylic acids is 1. The van der Waals surface area contributed by atoms with E-state index >= 15 is 0 Å². The number of carbonyl (C=O) groups is 1. The minimum absolute atomic E-state index is 0.0446. The number of benzene rings is 1. The predicted molar refractivity (Wildman–Crippen MR) is 65.8 cm³/mol. The number of aliphatic hydroxyl groups is 1. The SMILES string of the molecule is O=C(O)c1nc(COc2cccc(CO)c2)cs1. The maximum atomic E-state index is 10.7. The number of hydrogen-bond acceptors (Lipinski definition) is 5. The van der Waals surface area contributed by atoms with Crippen LogP contribution in [0.15, 0.2) is 29.6 Å². The third-order valence-electron chi connectivity index (χ3n) is 2.20. The molecule has 18 heavy (non-hydrogen) atoms. The van der Waals surface area contributed by atoms with Crippen molar-refractivity contribution in [1.82, 2.24) is 4.98 Å². The standard InChI is InChI=1S/C12H11NO4S/c14-5-8-2-1-3-10(4-8)17-6-9-7-18-11(13-9)12(15)16/h1-4,7,14H,5-6H2,(H,15,16). The summed E-state index contributed by atoms with van der Waals surface area (Å²) in [5.41, 5.74) is 1.34. The van der Waals surface area contributed by atoms with E-state index in [4.69, 9.17) is 14.9 Å². The number of aliphatic hydroxyl groups excluding tert-OH is 1. The highest BCUT2D eigenvalue weighted by Crippen LogP contribution is 2.16. The van der Waals surface area contributed by atoms with Crippen molar-refractivity contribution in [3.8, 4) is 5.75 Å². The van der Waals surface area contributed by atoms with Gasteiger partial charge in [0.15, 0.2) is 0 Å². The molecule has 0 spiro atoms. The van der Waals surface area contributed by atoms with Crippen molar-refractivity contribution >= 4 is 17.3 Å². The molecule has 0 aliphatic carbocycles. The van der Waals surface area contributed by atoms with Gasteiger partial charge in [-0.15, -0.1) is 11.3 Å². The van der Waals surface area contributed by atoms with E-state index in [1.165, 1.54) is 0 Å². The summed E-state index contributed by atoms with van der Waals surface area (Å²) in [5.74, 6) is -0.417. The molecule has 0 saturated heterocycles. The van der Waals surface area contributed by atoms with E-state index in [-0.39, 0.29) is 18.2 Å². The molecule has 2 aromatic rings. The lowest BCUT2D eigenvalue weighted by molar-refractivity contribution is 0.0696. The van der Waals surface area contributed by atoms with Gasteiger partial charge >= 0.3 is 5.97 Å². The fourth-order valence-electron chi connectivity index (χ4n) is 1.36. The van der Waals surface area contributed by atoms with E-state index in [9.17, 15) is 4.79 Å². The lowest BCUT2D eigenvalue weighted by Gasteiger charge is -2.05. The predicted octanol–water partition coefficient (Wildman–Crippen LogP) is 1.91. The molecular formula is C12H11NO4S. The molecule has 0 fully saturated rings. The number of rotatable bonds is 5. The van der Waals surface area contributed by atoms with E-state index in [1.54, 1.807) is 29.6 Å². The summed E-state index contributed by atoms with van der Waals surface area (Å²) >= 11 is 1.07. The summed E-state index contributed by atoms with van der Waals surface area (Å²) in [7, 11) is 0. The molecule has 6 heteroatoms. The first-order chi connectivity index (χ1) is 8.69. The Labute approximate surface area is 107 Å². The molecule has 94 valence electrons. The molecule has 0 bridgehead atoms. The maximum Gasteiger partial charge on any atom is 0.365 e. The second-order valence-corrected chi connectivity index (χ2v) is 4.40. The van der Waals surface area contributed by atoms with Gasteiger partial charge in [-0.2, -0.15) is 0 Å². The summed E-state index contributed by atoms with van der Waals surface area (Å²) in [4.78, 5) is 14.6. The van der Waals surface area contributed by atoms with Crippen LogP contribution in [0.1, 0.15) is 21.1 Å². The average Bonchev–Trinajstić information content (AvgIpc) is 2.85. The van der Waals surface area contributed by atoms with Crippen LogP contribution in [0.2, 0.25) is 0 Å². The Morgan fingerprint density at radius 2 is 2.28 bits per heavy atom. The molecule has 1 aromatic heterocycles. The van der Waals surface area contributed by atoms with Crippen molar-refractivity contribution in [1.29, 1.82) is 0 Å². The Bertz CT molecular complexity index is 553. The van der Waals surface area contributed by atoms with E-state index in [2.05, 4.69) is 4.98 Å². The highest BCUT2D eigenvalue weighted by molar-refractivity contribution is 7.11. The number of thiazole rings is 1. The van der Waals surface area contributed by atoms with E-state index in [0.717, 1.165) is 16.9 Å². The van der Waals surface area contributed by atoms with Gasteiger partial charge in [-0.1, -0.05) is 12.1 Å². The zero-order chi connectivity index (χ0) is 13.0. The van der Waals surface area contributed by atoms with Crippen LogP contribution >= 0.6 is 11.3 Å². The number of aromatic nitrogens is 1. The largest absolute Gasteiger partial charge is 0.487 e. The van der Waals surface area contributed by atoms with E-state index in [1.807, 2.05) is 0 Å². The first-order valence-corrected chi connectivity index (χ1v) is 6.07. The molecule has 1 aromatic carbocycles. The van der Waals surface area contributed by atoms with Crippen LogP contribution in [0.3, 0.4) is 0 Å². The van der Waals surface area contributed by atoms with Gasteiger partial charge in [0.25, 0.3) is 0 Å². The number of ether oxygens (including phenoxy) is 1. The van der Waals surface area contributed by atoms with Gasteiger partial charge < -0.3 is 14.9 Å². The lowest BCUT2D eigenvalue weighted by Crippen LogP contribution is -1.99. The van der Waals surface area contributed by atoms with E-state index < -0.39 is 5.97 Å². The first-order valence-electron chi connectivity index (χ1n) is 5.19. The minimum atomic E-state index is -1.03. The smallest absolute Gasteiger partial charge is 0.365 e. The van der Waals surface area contributed by atoms with Gasteiger partial charge in [0.1, 0.15) is 12.4 Å². The number of nitrogens with zero attached hydrogens (tertiary/aromatic N) is 1. The topological polar surface area (TPSA) is 79.7 Å². The van der Waals surface area contributed by atoms with Gasteiger partial charge in [0.2, 0.25) is 5.01 Å². The Morgan fingerprint density at radius 3 is 2.94 bits per heavy atom. The van der Waals surface area contributed by atoms with Gasteiger partial charge in [0, 0.05) is 5.38 Å². The minimum Gasteiger partial charge on any atom is -0.487 e. The third-order valence-corrected chi connectivity index (χ3v) is 3.08. The molecule has 5 nitrogen and oxygen atoms in total. The Morgan fingerprint density at radius 1 is 1.44 bits per heavy atom. The second kappa shape index (κ2) is 5.61. The van der Waals surface area contributed by atoms with Crippen molar-refractivity contribution in [2.75, 3.05) is 0 Å². The molecule has 0 aliphatic rings. The van der Waals surface area contributed by atoms with E-state index in [0.29, 0.717) is 11.4 Å². The molecule has 0 saturated carbocycles. The van der Waals surface area contributed by atoms with Crippen LogP contribution in [-0.4, -0.2) is 21.2 Å². The molecule has 1 heterocycles. The molecular weight excluding hydrogens is 254 g/mol. The molecule has 0 radical (unpaired) electrons. The number of carboxylic acid groups (broad SMARTS) is 1. The number of aromatic carboxylic acids is 1. The number of hydrogen-bond donors (Lipinski definition) is 2. The average molecular weight is 265 g/mol. The van der Waals surface area contributed by atoms with Crippen LogP contribution in [0.25, 0.3) is 0 Å². The normalized spacial score (nSPS) is 10.3. The fourth-order valence-corrected chi connectivity index (χ4v) is 2.00. The summed E-state index contributed by atoms with van der Waals surface area (Å²) in [5, 5.41) is 19.4. The van der Waals surface area contributed by atoms with Crippen molar-refractivity contribution in [2.45, 2.75) is 13.2 Å². The van der Waals surface area contributed by atoms with Gasteiger partial charge in [0.05, 0.1) is 12.3 Å². The van der Waals surface area contributed by atoms with Crippen LogP contribution in [0.4, 0.5) is 0 Å².